The fourth-order valence-electron chi connectivity index (χ4n) is 1.52. The Kier molecular flexibility index (Phi) is 4.63. The quantitative estimate of drug-likeness (QED) is 0.623. The minimum Gasteiger partial charge on any atom is -0.344 e. The lowest BCUT2D eigenvalue weighted by atomic mass is 10.0. The van der Waals surface area contributed by atoms with Crippen molar-refractivity contribution in [3.8, 4) is 0 Å². The lowest BCUT2D eigenvalue weighted by Gasteiger charge is -2.22. The van der Waals surface area contributed by atoms with Gasteiger partial charge in [-0.05, 0) is 18.6 Å². The number of rotatable bonds is 5. The van der Waals surface area contributed by atoms with Gasteiger partial charge in [0.05, 0.1) is 6.04 Å². The predicted octanol–water partition coefficient (Wildman–Crippen LogP) is 1.31. The average Bonchev–Trinajstić information content (AvgIpc) is 2.34. The zero-order valence-electron chi connectivity index (χ0n) is 9.91. The molecular formula is C12H15NO4S. The first-order chi connectivity index (χ1) is 8.36. The SMILES string of the molecule is C=CC(=O)NC(c1ccccc1)C(C)S(=O)(=O)O. The van der Waals surface area contributed by atoms with E-state index >= 15 is 0 Å². The maximum atomic E-state index is 11.3. The highest BCUT2D eigenvalue weighted by Gasteiger charge is 2.29. The summed E-state index contributed by atoms with van der Waals surface area (Å²) >= 11 is 0. The van der Waals surface area contributed by atoms with Crippen LogP contribution in [0.4, 0.5) is 0 Å². The zero-order chi connectivity index (χ0) is 13.8. The van der Waals surface area contributed by atoms with Gasteiger partial charge >= 0.3 is 0 Å². The molecule has 1 aromatic carbocycles. The van der Waals surface area contributed by atoms with Gasteiger partial charge < -0.3 is 5.32 Å². The summed E-state index contributed by atoms with van der Waals surface area (Å²) in [6.45, 7) is 4.63. The van der Waals surface area contributed by atoms with Gasteiger partial charge in [-0.1, -0.05) is 36.9 Å². The number of nitrogens with one attached hydrogen (secondary N) is 1. The van der Waals surface area contributed by atoms with E-state index in [1.54, 1.807) is 30.3 Å². The van der Waals surface area contributed by atoms with Gasteiger partial charge in [0.1, 0.15) is 5.25 Å². The second-order valence-electron chi connectivity index (χ2n) is 3.82. The molecule has 2 N–H and O–H groups in total. The summed E-state index contributed by atoms with van der Waals surface area (Å²) in [5.74, 6) is -0.501. The molecule has 18 heavy (non-hydrogen) atoms. The van der Waals surface area contributed by atoms with Gasteiger partial charge in [-0.25, -0.2) is 0 Å². The highest BCUT2D eigenvalue weighted by atomic mass is 32.2. The van der Waals surface area contributed by atoms with E-state index in [2.05, 4.69) is 11.9 Å². The summed E-state index contributed by atoms with van der Waals surface area (Å²) in [5, 5.41) is 1.34. The molecule has 6 heteroatoms. The molecule has 98 valence electrons. The molecule has 2 atom stereocenters. The summed E-state index contributed by atoms with van der Waals surface area (Å²) in [6.07, 6.45) is 1.05. The number of hydrogen-bond donors (Lipinski definition) is 2. The first-order valence-corrected chi connectivity index (χ1v) is 6.80. The maximum absolute atomic E-state index is 11.3. The molecule has 0 fully saturated rings. The lowest BCUT2D eigenvalue weighted by molar-refractivity contribution is -0.117. The van der Waals surface area contributed by atoms with Crippen molar-refractivity contribution >= 4 is 16.0 Å². The standard InChI is InChI=1S/C12H15NO4S/c1-3-11(14)13-12(9(2)18(15,16)17)10-7-5-4-6-8-10/h3-9,12H,1H2,2H3,(H,13,14)(H,15,16,17). The summed E-state index contributed by atoms with van der Waals surface area (Å²) in [6, 6.07) is 7.74. The first kappa shape index (κ1) is 14.4. The van der Waals surface area contributed by atoms with Crippen LogP contribution in [-0.2, 0) is 14.9 Å². The Bertz CT molecular complexity index is 524. The number of hydrogen-bond acceptors (Lipinski definition) is 3. The van der Waals surface area contributed by atoms with Crippen LogP contribution in [-0.4, -0.2) is 24.1 Å². The molecule has 0 spiro atoms. The molecule has 1 rings (SSSR count). The summed E-state index contributed by atoms with van der Waals surface area (Å²) in [7, 11) is -4.25. The Morgan fingerprint density at radius 3 is 2.39 bits per heavy atom. The van der Waals surface area contributed by atoms with Crippen molar-refractivity contribution in [1.29, 1.82) is 0 Å². The topological polar surface area (TPSA) is 83.5 Å². The van der Waals surface area contributed by atoms with E-state index < -0.39 is 27.3 Å². The second kappa shape index (κ2) is 5.79. The minimum absolute atomic E-state index is 0.501. The van der Waals surface area contributed by atoms with Crippen molar-refractivity contribution in [3.63, 3.8) is 0 Å². The third-order valence-electron chi connectivity index (χ3n) is 2.58. The van der Waals surface area contributed by atoms with E-state index in [1.807, 2.05) is 0 Å². The number of carbonyl (C=O) groups excluding carboxylic acids is 1. The normalized spacial score (nSPS) is 14.6. The Morgan fingerprint density at radius 1 is 1.39 bits per heavy atom. The smallest absolute Gasteiger partial charge is 0.269 e. The van der Waals surface area contributed by atoms with Crippen LogP contribution in [0.15, 0.2) is 43.0 Å². The van der Waals surface area contributed by atoms with Crippen LogP contribution in [0.1, 0.15) is 18.5 Å². The van der Waals surface area contributed by atoms with Crippen LogP contribution < -0.4 is 5.32 Å². The molecule has 0 aliphatic heterocycles. The summed E-state index contributed by atoms with van der Waals surface area (Å²) in [4.78, 5) is 11.3. The van der Waals surface area contributed by atoms with Crippen molar-refractivity contribution in [3.05, 3.63) is 48.6 Å². The van der Waals surface area contributed by atoms with E-state index in [-0.39, 0.29) is 0 Å². The molecule has 0 aliphatic carbocycles. The van der Waals surface area contributed by atoms with Crippen LogP contribution in [0.25, 0.3) is 0 Å². The summed E-state index contributed by atoms with van der Waals surface area (Å²) in [5.41, 5.74) is 0.595. The predicted molar refractivity (Wildman–Crippen MR) is 68.5 cm³/mol. The molecule has 0 saturated carbocycles. The Hall–Kier alpha value is -1.66. The van der Waals surface area contributed by atoms with E-state index in [9.17, 15) is 13.2 Å². The van der Waals surface area contributed by atoms with Gasteiger partial charge in [0.15, 0.2) is 0 Å². The van der Waals surface area contributed by atoms with Crippen LogP contribution >= 0.6 is 0 Å². The van der Waals surface area contributed by atoms with Crippen LogP contribution in [0.3, 0.4) is 0 Å². The zero-order valence-corrected chi connectivity index (χ0v) is 10.7. The Labute approximate surface area is 106 Å². The van der Waals surface area contributed by atoms with Gasteiger partial charge in [-0.2, -0.15) is 8.42 Å². The summed E-state index contributed by atoms with van der Waals surface area (Å²) < 4.78 is 31.5. The largest absolute Gasteiger partial charge is 0.344 e. The molecule has 1 aromatic rings. The van der Waals surface area contributed by atoms with Crippen molar-refractivity contribution in [2.75, 3.05) is 0 Å². The molecule has 0 radical (unpaired) electrons. The van der Waals surface area contributed by atoms with Gasteiger partial charge in [0.25, 0.3) is 10.1 Å². The lowest BCUT2D eigenvalue weighted by Crippen LogP contribution is -2.37. The second-order valence-corrected chi connectivity index (χ2v) is 5.59. The monoisotopic (exact) mass is 269 g/mol. The Morgan fingerprint density at radius 2 is 1.94 bits per heavy atom. The number of amides is 1. The highest BCUT2D eigenvalue weighted by molar-refractivity contribution is 7.86. The van der Waals surface area contributed by atoms with E-state index in [4.69, 9.17) is 4.55 Å². The molecule has 5 nitrogen and oxygen atoms in total. The molecule has 0 bridgehead atoms. The first-order valence-electron chi connectivity index (χ1n) is 5.30. The highest BCUT2D eigenvalue weighted by Crippen LogP contribution is 2.21. The van der Waals surface area contributed by atoms with Gasteiger partial charge in [0, 0.05) is 0 Å². The van der Waals surface area contributed by atoms with E-state index in [0.717, 1.165) is 6.08 Å². The van der Waals surface area contributed by atoms with Crippen LogP contribution in [0, 0.1) is 0 Å². The maximum Gasteiger partial charge on any atom is 0.269 e. The Balaban J connectivity index is 3.11. The van der Waals surface area contributed by atoms with Crippen LogP contribution in [0.5, 0.6) is 0 Å². The third-order valence-corrected chi connectivity index (χ3v) is 3.79. The van der Waals surface area contributed by atoms with Gasteiger partial charge in [-0.15, -0.1) is 0 Å². The minimum atomic E-state index is -4.25. The van der Waals surface area contributed by atoms with Crippen LogP contribution in [0.2, 0.25) is 0 Å². The van der Waals surface area contributed by atoms with Gasteiger partial charge in [-0.3, -0.25) is 9.35 Å². The van der Waals surface area contributed by atoms with Crippen molar-refractivity contribution in [1.82, 2.24) is 5.32 Å². The molecule has 0 heterocycles. The molecule has 0 aliphatic rings. The molecule has 0 aromatic heterocycles. The van der Waals surface area contributed by atoms with Crippen molar-refractivity contribution in [2.45, 2.75) is 18.2 Å². The molecule has 1 amide bonds. The number of carbonyl (C=O) groups is 1. The number of benzene rings is 1. The molecule has 2 unspecified atom stereocenters. The van der Waals surface area contributed by atoms with Gasteiger partial charge in [0.2, 0.25) is 5.91 Å². The molecular weight excluding hydrogens is 254 g/mol. The van der Waals surface area contributed by atoms with Crippen molar-refractivity contribution < 1.29 is 17.8 Å². The fraction of sp³-hybridized carbons (Fsp3) is 0.250. The molecule has 0 saturated heterocycles. The average molecular weight is 269 g/mol. The van der Waals surface area contributed by atoms with E-state index in [1.165, 1.54) is 6.92 Å². The van der Waals surface area contributed by atoms with E-state index in [0.29, 0.717) is 5.56 Å². The fourth-order valence-corrected chi connectivity index (χ4v) is 2.09. The van der Waals surface area contributed by atoms with Crippen molar-refractivity contribution in [2.24, 2.45) is 0 Å². The third kappa shape index (κ3) is 3.68.